The number of rotatable bonds is 5. The lowest BCUT2D eigenvalue weighted by Gasteiger charge is -2.21. The topological polar surface area (TPSA) is 67.2 Å². The average molecular weight is 339 g/mol. The maximum absolute atomic E-state index is 13.3. The van der Waals surface area contributed by atoms with E-state index in [1.807, 2.05) is 0 Å². The molecule has 6 nitrogen and oxygen atoms in total. The van der Waals surface area contributed by atoms with E-state index in [9.17, 15) is 14.0 Å². The number of anilines is 1. The highest BCUT2D eigenvalue weighted by Crippen LogP contribution is 2.18. The highest BCUT2D eigenvalue weighted by atomic mass is 35.5. The quantitative estimate of drug-likeness (QED) is 0.909. The molecule has 0 aliphatic rings. The molecule has 2 aromatic rings. The minimum atomic E-state index is -0.624. The van der Waals surface area contributed by atoms with Gasteiger partial charge in [-0.15, -0.1) is 0 Å². The van der Waals surface area contributed by atoms with E-state index in [-0.39, 0.29) is 23.2 Å². The fourth-order valence-electron chi connectivity index (χ4n) is 2.01. The molecule has 122 valence electrons. The Morgan fingerprint density at radius 3 is 2.83 bits per heavy atom. The molecular formula is C15H16ClFN4O2. The predicted octanol–water partition coefficient (Wildman–Crippen LogP) is 2.33. The van der Waals surface area contributed by atoms with Crippen molar-refractivity contribution in [1.82, 2.24) is 14.7 Å². The van der Waals surface area contributed by atoms with Gasteiger partial charge in [0.25, 0.3) is 0 Å². The number of carbonyl (C=O) groups is 2. The summed E-state index contributed by atoms with van der Waals surface area (Å²) in [5.74, 6) is -1.32. The maximum atomic E-state index is 13.3. The van der Waals surface area contributed by atoms with Gasteiger partial charge < -0.3 is 10.2 Å². The monoisotopic (exact) mass is 338 g/mol. The highest BCUT2D eigenvalue weighted by Gasteiger charge is 2.21. The first kappa shape index (κ1) is 17.0. The number of nitrogens with zero attached hydrogens (tertiary/aromatic N) is 3. The van der Waals surface area contributed by atoms with Crippen molar-refractivity contribution in [2.45, 2.75) is 13.0 Å². The summed E-state index contributed by atoms with van der Waals surface area (Å²) in [6, 6.07) is 5.15. The lowest BCUT2D eigenvalue weighted by molar-refractivity contribution is -0.136. The molecule has 0 aliphatic heterocycles. The zero-order valence-corrected chi connectivity index (χ0v) is 13.4. The number of amides is 2. The third-order valence-electron chi connectivity index (χ3n) is 3.24. The SMILES string of the molecule is CC(C(=O)N(C)CC(=O)Nc1ccc(Cl)c(F)c1)n1cccn1. The van der Waals surface area contributed by atoms with Gasteiger partial charge in [0.2, 0.25) is 11.8 Å². The number of hydrogen-bond acceptors (Lipinski definition) is 3. The van der Waals surface area contributed by atoms with E-state index in [2.05, 4.69) is 10.4 Å². The van der Waals surface area contributed by atoms with Crippen LogP contribution in [0.2, 0.25) is 5.02 Å². The van der Waals surface area contributed by atoms with E-state index < -0.39 is 17.8 Å². The van der Waals surface area contributed by atoms with Crippen LogP contribution in [0.15, 0.2) is 36.7 Å². The van der Waals surface area contributed by atoms with Crippen LogP contribution >= 0.6 is 11.6 Å². The van der Waals surface area contributed by atoms with Gasteiger partial charge in [-0.1, -0.05) is 11.6 Å². The Morgan fingerprint density at radius 2 is 2.22 bits per heavy atom. The molecule has 1 unspecified atom stereocenters. The molecular weight excluding hydrogens is 323 g/mol. The fourth-order valence-corrected chi connectivity index (χ4v) is 2.13. The third kappa shape index (κ3) is 4.29. The van der Waals surface area contributed by atoms with Crippen molar-refractivity contribution in [3.8, 4) is 0 Å². The minimum Gasteiger partial charge on any atom is -0.335 e. The number of aromatic nitrogens is 2. The van der Waals surface area contributed by atoms with Crippen LogP contribution in [0.3, 0.4) is 0 Å². The number of benzene rings is 1. The summed E-state index contributed by atoms with van der Waals surface area (Å²) in [6.07, 6.45) is 3.25. The molecule has 0 fully saturated rings. The second-order valence-corrected chi connectivity index (χ2v) is 5.44. The predicted molar refractivity (Wildman–Crippen MR) is 84.6 cm³/mol. The van der Waals surface area contributed by atoms with Crippen molar-refractivity contribution in [2.75, 3.05) is 18.9 Å². The van der Waals surface area contributed by atoms with Crippen molar-refractivity contribution in [3.63, 3.8) is 0 Å². The molecule has 1 aromatic heterocycles. The molecule has 8 heteroatoms. The van der Waals surface area contributed by atoms with Crippen molar-refractivity contribution >= 4 is 29.1 Å². The van der Waals surface area contributed by atoms with Crippen LogP contribution in [-0.2, 0) is 9.59 Å². The fraction of sp³-hybridized carbons (Fsp3) is 0.267. The standard InChI is InChI=1S/C15H16ClFN4O2/c1-10(21-7-3-6-18-21)15(23)20(2)9-14(22)19-11-4-5-12(16)13(17)8-11/h3-8,10H,9H2,1-2H3,(H,19,22). The van der Waals surface area contributed by atoms with Crippen molar-refractivity contribution < 1.29 is 14.0 Å². The number of hydrogen-bond donors (Lipinski definition) is 1. The van der Waals surface area contributed by atoms with Crippen LogP contribution in [0.5, 0.6) is 0 Å². The Balaban J connectivity index is 1.93. The third-order valence-corrected chi connectivity index (χ3v) is 3.55. The Bertz CT molecular complexity index is 706. The second kappa shape index (κ2) is 7.23. The first-order valence-corrected chi connectivity index (χ1v) is 7.25. The molecule has 0 aliphatic carbocycles. The largest absolute Gasteiger partial charge is 0.335 e. The van der Waals surface area contributed by atoms with Gasteiger partial charge in [-0.3, -0.25) is 14.3 Å². The van der Waals surface area contributed by atoms with E-state index in [4.69, 9.17) is 11.6 Å². The van der Waals surface area contributed by atoms with Crippen LogP contribution in [0, 0.1) is 5.82 Å². The van der Waals surface area contributed by atoms with Crippen LogP contribution in [0.1, 0.15) is 13.0 Å². The number of halogens is 2. The molecule has 1 N–H and O–H groups in total. The molecule has 2 amide bonds. The highest BCUT2D eigenvalue weighted by molar-refractivity contribution is 6.30. The summed E-state index contributed by atoms with van der Waals surface area (Å²) >= 11 is 5.58. The first-order valence-electron chi connectivity index (χ1n) is 6.87. The van der Waals surface area contributed by atoms with Crippen LogP contribution in [0.25, 0.3) is 0 Å². The van der Waals surface area contributed by atoms with Crippen molar-refractivity contribution in [3.05, 3.63) is 47.5 Å². The maximum Gasteiger partial charge on any atom is 0.247 e. The zero-order chi connectivity index (χ0) is 17.0. The summed E-state index contributed by atoms with van der Waals surface area (Å²) < 4.78 is 14.8. The average Bonchev–Trinajstić information content (AvgIpc) is 3.03. The van der Waals surface area contributed by atoms with Gasteiger partial charge in [0.15, 0.2) is 0 Å². The van der Waals surface area contributed by atoms with Crippen molar-refractivity contribution in [2.24, 2.45) is 0 Å². The molecule has 23 heavy (non-hydrogen) atoms. The van der Waals surface area contributed by atoms with Gasteiger partial charge in [0.05, 0.1) is 11.6 Å². The van der Waals surface area contributed by atoms with Crippen LogP contribution < -0.4 is 5.32 Å². The van der Waals surface area contributed by atoms with Gasteiger partial charge in [0, 0.05) is 25.1 Å². The lowest BCUT2D eigenvalue weighted by Crippen LogP contribution is -2.38. The van der Waals surface area contributed by atoms with E-state index in [1.165, 1.54) is 28.8 Å². The summed E-state index contributed by atoms with van der Waals surface area (Å²) in [4.78, 5) is 25.5. The molecule has 2 rings (SSSR count). The molecule has 0 bridgehead atoms. The molecule has 0 saturated carbocycles. The zero-order valence-electron chi connectivity index (χ0n) is 12.7. The van der Waals surface area contributed by atoms with Gasteiger partial charge in [-0.2, -0.15) is 5.10 Å². The summed E-state index contributed by atoms with van der Waals surface area (Å²) in [5, 5.41) is 6.49. The molecule has 0 saturated heterocycles. The van der Waals surface area contributed by atoms with E-state index in [0.29, 0.717) is 0 Å². The van der Waals surface area contributed by atoms with Gasteiger partial charge in [0.1, 0.15) is 11.9 Å². The Morgan fingerprint density at radius 1 is 1.48 bits per heavy atom. The van der Waals surface area contributed by atoms with Gasteiger partial charge in [-0.25, -0.2) is 4.39 Å². The summed E-state index contributed by atoms with van der Waals surface area (Å²) in [6.45, 7) is 1.53. The van der Waals surface area contributed by atoms with Gasteiger partial charge >= 0.3 is 0 Å². The number of carbonyl (C=O) groups excluding carboxylic acids is 2. The number of nitrogens with one attached hydrogen (secondary N) is 1. The second-order valence-electron chi connectivity index (χ2n) is 5.03. The Kier molecular flexibility index (Phi) is 5.33. The van der Waals surface area contributed by atoms with Gasteiger partial charge in [-0.05, 0) is 31.2 Å². The molecule has 1 heterocycles. The summed E-state index contributed by atoms with van der Waals surface area (Å²) in [5.41, 5.74) is 0.276. The van der Waals surface area contributed by atoms with Crippen molar-refractivity contribution in [1.29, 1.82) is 0 Å². The van der Waals surface area contributed by atoms with E-state index >= 15 is 0 Å². The Labute approximate surface area is 137 Å². The van der Waals surface area contributed by atoms with E-state index in [0.717, 1.165) is 6.07 Å². The van der Waals surface area contributed by atoms with Crippen LogP contribution in [0.4, 0.5) is 10.1 Å². The Hall–Kier alpha value is -2.41. The summed E-state index contributed by atoms with van der Waals surface area (Å²) in [7, 11) is 1.52. The minimum absolute atomic E-state index is 0.0247. The lowest BCUT2D eigenvalue weighted by atomic mass is 10.3. The van der Waals surface area contributed by atoms with Crippen LogP contribution in [-0.4, -0.2) is 40.1 Å². The molecule has 1 atom stereocenters. The normalized spacial score (nSPS) is 11.8. The molecule has 0 spiro atoms. The smallest absolute Gasteiger partial charge is 0.247 e. The molecule has 0 radical (unpaired) electrons. The first-order chi connectivity index (χ1) is 10.9. The number of likely N-dealkylation sites (N-methyl/N-ethyl adjacent to an activating group) is 1. The van der Waals surface area contributed by atoms with E-state index in [1.54, 1.807) is 25.4 Å². The molecule has 1 aromatic carbocycles.